The van der Waals surface area contributed by atoms with E-state index in [1.165, 1.54) is 12.1 Å². The second-order valence-corrected chi connectivity index (χ2v) is 7.35. The zero-order valence-corrected chi connectivity index (χ0v) is 17.1. The molecule has 0 radical (unpaired) electrons. The van der Waals surface area contributed by atoms with Gasteiger partial charge in [-0.1, -0.05) is 18.7 Å². The Balaban J connectivity index is 1.63. The number of aryl methyl sites for hydroxylation is 1. The summed E-state index contributed by atoms with van der Waals surface area (Å²) in [7, 11) is 0. The molecule has 0 N–H and O–H groups in total. The molecule has 29 heavy (non-hydrogen) atoms. The summed E-state index contributed by atoms with van der Waals surface area (Å²) in [5, 5.41) is 8.15. The largest absolute Gasteiger partial charge is 0.435 e. The van der Waals surface area contributed by atoms with Gasteiger partial charge in [-0.2, -0.15) is 8.78 Å². The van der Waals surface area contributed by atoms with Crippen molar-refractivity contribution in [2.45, 2.75) is 45.6 Å². The van der Waals surface area contributed by atoms with Crippen molar-refractivity contribution in [3.8, 4) is 17.2 Å². The predicted molar refractivity (Wildman–Crippen MR) is 106 cm³/mol. The van der Waals surface area contributed by atoms with E-state index in [-0.39, 0.29) is 28.4 Å². The topological polar surface area (TPSA) is 70.2 Å². The van der Waals surface area contributed by atoms with Crippen molar-refractivity contribution in [3.63, 3.8) is 0 Å². The summed E-state index contributed by atoms with van der Waals surface area (Å²) < 4.78 is 36.4. The Hall–Kier alpha value is -2.68. The average molecular weight is 421 g/mol. The number of hydrogen-bond acceptors (Lipinski definition) is 6. The number of thioether (sulfide) groups is 1. The zero-order valence-electron chi connectivity index (χ0n) is 16.3. The number of carbonyl (C=O) groups excluding carboxylic acids is 1. The van der Waals surface area contributed by atoms with Crippen molar-refractivity contribution in [1.82, 2.24) is 14.8 Å². The van der Waals surface area contributed by atoms with Crippen LogP contribution in [-0.4, -0.2) is 32.9 Å². The first-order valence-electron chi connectivity index (χ1n) is 9.10. The number of nitrogens with zero attached hydrogens (tertiary/aromatic N) is 3. The molecule has 0 fully saturated rings. The van der Waals surface area contributed by atoms with E-state index in [1.54, 1.807) is 12.1 Å². The van der Waals surface area contributed by atoms with Gasteiger partial charge in [0.1, 0.15) is 5.75 Å². The molecule has 154 valence electrons. The number of aromatic nitrogens is 3. The molecular formula is C20H21F2N3O3S. The van der Waals surface area contributed by atoms with Crippen LogP contribution >= 0.6 is 11.8 Å². The molecule has 0 aliphatic rings. The van der Waals surface area contributed by atoms with Crippen LogP contribution in [0.5, 0.6) is 5.75 Å². The average Bonchev–Trinajstić information content (AvgIpc) is 3.27. The molecule has 0 unspecified atom stereocenters. The summed E-state index contributed by atoms with van der Waals surface area (Å²) in [4.78, 5) is 12.6. The van der Waals surface area contributed by atoms with Crippen LogP contribution in [-0.2, 0) is 6.54 Å². The number of benzene rings is 1. The van der Waals surface area contributed by atoms with E-state index in [0.717, 1.165) is 36.1 Å². The molecule has 0 bridgehead atoms. The maximum atomic E-state index is 12.6. The van der Waals surface area contributed by atoms with Crippen LogP contribution in [0.15, 0.2) is 40.0 Å². The first-order valence-corrected chi connectivity index (χ1v) is 10.1. The number of ketones is 1. The van der Waals surface area contributed by atoms with Crippen molar-refractivity contribution < 1.29 is 22.7 Å². The highest BCUT2D eigenvalue weighted by atomic mass is 32.2. The molecule has 1 aromatic carbocycles. The molecule has 2 aromatic heterocycles. The Morgan fingerprint density at radius 3 is 2.62 bits per heavy atom. The van der Waals surface area contributed by atoms with Gasteiger partial charge in [0.05, 0.1) is 5.75 Å². The van der Waals surface area contributed by atoms with Crippen LogP contribution in [0, 0.1) is 13.8 Å². The van der Waals surface area contributed by atoms with Gasteiger partial charge in [0.25, 0.3) is 5.22 Å². The summed E-state index contributed by atoms with van der Waals surface area (Å²) in [6.07, 6.45) is 0.999. The third-order valence-corrected chi connectivity index (χ3v) is 5.20. The van der Waals surface area contributed by atoms with E-state index in [0.29, 0.717) is 11.1 Å². The van der Waals surface area contributed by atoms with E-state index >= 15 is 0 Å². The van der Waals surface area contributed by atoms with Gasteiger partial charge >= 0.3 is 6.61 Å². The van der Waals surface area contributed by atoms with Gasteiger partial charge in [0.15, 0.2) is 5.78 Å². The Morgan fingerprint density at radius 2 is 1.97 bits per heavy atom. The fourth-order valence-corrected chi connectivity index (χ4v) is 3.67. The zero-order chi connectivity index (χ0) is 21.0. The Morgan fingerprint density at radius 1 is 1.24 bits per heavy atom. The summed E-state index contributed by atoms with van der Waals surface area (Å²) in [5.41, 5.74) is 3.31. The van der Waals surface area contributed by atoms with Gasteiger partial charge in [-0.25, -0.2) is 0 Å². The molecule has 2 heterocycles. The lowest BCUT2D eigenvalue weighted by Crippen LogP contribution is -2.06. The van der Waals surface area contributed by atoms with Gasteiger partial charge < -0.3 is 13.7 Å². The van der Waals surface area contributed by atoms with E-state index in [2.05, 4.69) is 26.4 Å². The molecule has 6 nitrogen and oxygen atoms in total. The Labute approximate surface area is 171 Å². The molecule has 9 heteroatoms. The maximum Gasteiger partial charge on any atom is 0.387 e. The van der Waals surface area contributed by atoms with Gasteiger partial charge in [0.2, 0.25) is 5.89 Å². The normalized spacial score (nSPS) is 11.2. The van der Waals surface area contributed by atoms with Crippen molar-refractivity contribution in [2.75, 3.05) is 5.75 Å². The van der Waals surface area contributed by atoms with Crippen LogP contribution in [0.3, 0.4) is 0 Å². The summed E-state index contributed by atoms with van der Waals surface area (Å²) in [6, 6.07) is 7.80. The third-order valence-electron chi connectivity index (χ3n) is 4.38. The molecule has 0 spiro atoms. The van der Waals surface area contributed by atoms with Crippen molar-refractivity contribution in [1.29, 1.82) is 0 Å². The first kappa shape index (κ1) is 21.0. The van der Waals surface area contributed by atoms with Gasteiger partial charge in [-0.05, 0) is 50.6 Å². The number of alkyl halides is 2. The molecule has 0 amide bonds. The highest BCUT2D eigenvalue weighted by Gasteiger charge is 2.17. The van der Waals surface area contributed by atoms with E-state index in [1.807, 2.05) is 19.9 Å². The molecular weight excluding hydrogens is 400 g/mol. The van der Waals surface area contributed by atoms with Crippen molar-refractivity contribution in [2.24, 2.45) is 0 Å². The maximum absolute atomic E-state index is 12.6. The van der Waals surface area contributed by atoms with Crippen LogP contribution in [0.2, 0.25) is 0 Å². The lowest BCUT2D eigenvalue weighted by Gasteiger charge is -2.07. The van der Waals surface area contributed by atoms with Gasteiger partial charge in [-0.3, -0.25) is 4.79 Å². The third kappa shape index (κ3) is 5.03. The second kappa shape index (κ2) is 9.21. The van der Waals surface area contributed by atoms with Crippen LogP contribution in [0.4, 0.5) is 8.78 Å². The molecule has 0 saturated carbocycles. The SMILES string of the molecule is CCCn1c(C)cc(C(=O)CSc2nnc(-c3ccc(OC(F)F)cc3)o2)c1C. The minimum absolute atomic E-state index is 0.00120. The standard InChI is InChI=1S/C20H21F2N3O3S/c1-4-9-25-12(2)10-16(13(25)3)17(26)11-29-20-24-23-18(28-20)14-5-7-15(8-6-14)27-19(21)22/h5-8,10,19H,4,9,11H2,1-3H3. The monoisotopic (exact) mass is 421 g/mol. The summed E-state index contributed by atoms with van der Waals surface area (Å²) in [5.74, 6) is 0.465. The number of Topliss-reactive ketones (excluding diaryl/α,β-unsaturated/α-hetero) is 1. The van der Waals surface area contributed by atoms with Gasteiger partial charge in [0, 0.05) is 29.1 Å². The lowest BCUT2D eigenvalue weighted by molar-refractivity contribution is -0.0498. The fourth-order valence-electron chi connectivity index (χ4n) is 3.02. The van der Waals surface area contributed by atoms with Gasteiger partial charge in [-0.15, -0.1) is 10.2 Å². The molecule has 0 saturated heterocycles. The van der Waals surface area contributed by atoms with Crippen molar-refractivity contribution in [3.05, 3.63) is 47.3 Å². The van der Waals surface area contributed by atoms with Crippen molar-refractivity contribution >= 4 is 17.5 Å². The van der Waals surface area contributed by atoms with E-state index in [9.17, 15) is 13.6 Å². The number of rotatable bonds is 9. The highest BCUT2D eigenvalue weighted by Crippen LogP contribution is 2.26. The molecule has 0 atom stereocenters. The summed E-state index contributed by atoms with van der Waals surface area (Å²) >= 11 is 1.16. The quantitative estimate of drug-likeness (QED) is 0.352. The minimum atomic E-state index is -2.88. The second-order valence-electron chi connectivity index (χ2n) is 6.42. The Bertz CT molecular complexity index is 984. The minimum Gasteiger partial charge on any atom is -0.435 e. The Kier molecular flexibility index (Phi) is 6.68. The number of hydrogen-bond donors (Lipinski definition) is 0. The molecule has 3 aromatic rings. The molecule has 0 aliphatic carbocycles. The predicted octanol–water partition coefficient (Wildman–Crippen LogP) is 5.14. The fraction of sp³-hybridized carbons (Fsp3) is 0.350. The van der Waals surface area contributed by atoms with Crippen LogP contribution < -0.4 is 4.74 Å². The first-order chi connectivity index (χ1) is 13.9. The number of ether oxygens (including phenoxy) is 1. The smallest absolute Gasteiger partial charge is 0.387 e. The molecule has 3 rings (SSSR count). The number of halogens is 2. The molecule has 0 aliphatic heterocycles. The van der Waals surface area contributed by atoms with Crippen LogP contribution in [0.1, 0.15) is 35.1 Å². The number of carbonyl (C=O) groups is 1. The van der Waals surface area contributed by atoms with Crippen LogP contribution in [0.25, 0.3) is 11.5 Å². The lowest BCUT2D eigenvalue weighted by atomic mass is 10.2. The summed E-state index contributed by atoms with van der Waals surface area (Å²) in [6.45, 7) is 4.05. The highest BCUT2D eigenvalue weighted by molar-refractivity contribution is 7.99. The van der Waals surface area contributed by atoms with E-state index < -0.39 is 6.61 Å². The van der Waals surface area contributed by atoms with E-state index in [4.69, 9.17) is 4.42 Å².